The van der Waals surface area contributed by atoms with Crippen molar-refractivity contribution in [1.29, 1.82) is 5.26 Å². The summed E-state index contributed by atoms with van der Waals surface area (Å²) < 4.78 is 5.57. The van der Waals surface area contributed by atoms with Crippen molar-refractivity contribution in [1.82, 2.24) is 0 Å². The van der Waals surface area contributed by atoms with Crippen LogP contribution in [-0.2, 0) is 9.57 Å². The zero-order valence-electron chi connectivity index (χ0n) is 13.2. The highest BCUT2D eigenvalue weighted by molar-refractivity contribution is 6.04. The zero-order valence-corrected chi connectivity index (χ0v) is 13.2. The molecule has 25 heavy (non-hydrogen) atoms. The van der Waals surface area contributed by atoms with Gasteiger partial charge >= 0.3 is 0 Å². The van der Waals surface area contributed by atoms with Crippen molar-refractivity contribution >= 4 is 5.71 Å². The number of nitrogens with zero attached hydrogens (tertiary/aromatic N) is 2. The van der Waals surface area contributed by atoms with Crippen LogP contribution < -0.4 is 5.73 Å². The van der Waals surface area contributed by atoms with Crippen LogP contribution in [0.15, 0.2) is 71.2 Å². The molecule has 0 saturated carbocycles. The highest BCUT2D eigenvalue weighted by atomic mass is 16.8. The quantitative estimate of drug-likeness (QED) is 0.879. The Hall–Kier alpha value is -3.46. The minimum Gasteiger partial charge on any atom is -0.508 e. The van der Waals surface area contributed by atoms with Crippen LogP contribution in [0.2, 0.25) is 0 Å². The summed E-state index contributed by atoms with van der Waals surface area (Å²) in [5.41, 5.74) is 8.32. The number of aromatic hydroxyl groups is 1. The van der Waals surface area contributed by atoms with Gasteiger partial charge in [0.15, 0.2) is 0 Å². The normalized spacial score (nSPS) is 24.6. The monoisotopic (exact) mass is 333 g/mol. The number of nitrogens with two attached hydrogens (primary N) is 1. The molecule has 0 aliphatic carbocycles. The number of rotatable bonds is 2. The topological polar surface area (TPSA) is 101 Å². The van der Waals surface area contributed by atoms with Crippen molar-refractivity contribution in [2.45, 2.75) is 12.2 Å². The van der Waals surface area contributed by atoms with E-state index in [0.29, 0.717) is 11.3 Å². The largest absolute Gasteiger partial charge is 0.508 e. The van der Waals surface area contributed by atoms with Crippen LogP contribution in [0.4, 0.5) is 0 Å². The van der Waals surface area contributed by atoms with Crippen LogP contribution in [0.1, 0.15) is 17.0 Å². The number of hydrogen-bond acceptors (Lipinski definition) is 6. The smallest absolute Gasteiger partial charge is 0.276 e. The number of nitriles is 1. The lowest BCUT2D eigenvalue weighted by molar-refractivity contribution is -0.129. The van der Waals surface area contributed by atoms with E-state index in [0.717, 1.165) is 5.56 Å². The molecule has 124 valence electrons. The second-order valence-corrected chi connectivity index (χ2v) is 5.89. The van der Waals surface area contributed by atoms with E-state index in [1.165, 1.54) is 0 Å². The summed E-state index contributed by atoms with van der Waals surface area (Å²) in [6, 6.07) is 18.6. The van der Waals surface area contributed by atoms with Gasteiger partial charge in [-0.1, -0.05) is 53.7 Å². The first-order valence-electron chi connectivity index (χ1n) is 7.84. The van der Waals surface area contributed by atoms with E-state index in [1.54, 1.807) is 24.3 Å². The summed E-state index contributed by atoms with van der Waals surface area (Å²) in [7, 11) is 0. The number of para-hydroxylation sites is 1. The molecule has 0 amide bonds. The van der Waals surface area contributed by atoms with Crippen molar-refractivity contribution < 1.29 is 14.7 Å². The Morgan fingerprint density at radius 3 is 2.52 bits per heavy atom. The predicted molar refractivity (Wildman–Crippen MR) is 90.1 cm³/mol. The van der Waals surface area contributed by atoms with Gasteiger partial charge in [0.1, 0.15) is 11.8 Å². The lowest BCUT2D eigenvalue weighted by atomic mass is 9.75. The first-order valence-corrected chi connectivity index (χ1v) is 7.84. The standard InChI is InChI=1S/C19H15N3O3/c20-10-13-15(12-8-4-5-9-14(12)23)16-17(11-6-2-1-3-7-11)22-25-19(16)24-18(13)21/h1-9,15-16,19,23H,21H2. The van der Waals surface area contributed by atoms with Crippen LogP contribution in [-0.4, -0.2) is 17.1 Å². The van der Waals surface area contributed by atoms with Gasteiger partial charge in [-0.15, -0.1) is 0 Å². The highest BCUT2D eigenvalue weighted by Gasteiger charge is 2.49. The van der Waals surface area contributed by atoms with Crippen LogP contribution in [0, 0.1) is 17.2 Å². The Morgan fingerprint density at radius 2 is 1.80 bits per heavy atom. The van der Waals surface area contributed by atoms with Crippen LogP contribution >= 0.6 is 0 Å². The van der Waals surface area contributed by atoms with Crippen molar-refractivity contribution in [3.8, 4) is 11.8 Å². The molecule has 2 heterocycles. The number of fused-ring (bicyclic) bond motifs is 1. The molecule has 4 rings (SSSR count). The molecule has 2 aliphatic rings. The Kier molecular flexibility index (Phi) is 3.55. The SMILES string of the molecule is N#CC1=C(N)OC2ON=C(c3ccccc3)C2C1c1ccccc1O. The molecule has 0 radical (unpaired) electrons. The lowest BCUT2D eigenvalue weighted by Gasteiger charge is -2.33. The van der Waals surface area contributed by atoms with Gasteiger partial charge < -0.3 is 20.4 Å². The number of allylic oxidation sites excluding steroid dienone is 1. The predicted octanol–water partition coefficient (Wildman–Crippen LogP) is 2.58. The molecule has 3 N–H and O–H groups in total. The maximum absolute atomic E-state index is 10.3. The van der Waals surface area contributed by atoms with Crippen molar-refractivity contribution in [3.05, 3.63) is 77.2 Å². The van der Waals surface area contributed by atoms with E-state index >= 15 is 0 Å². The van der Waals surface area contributed by atoms with Crippen molar-refractivity contribution in [2.75, 3.05) is 0 Å². The number of oxime groups is 1. The number of ether oxygens (including phenoxy) is 1. The van der Waals surface area contributed by atoms with Gasteiger partial charge in [-0.2, -0.15) is 5.26 Å². The molecule has 6 nitrogen and oxygen atoms in total. The van der Waals surface area contributed by atoms with E-state index in [4.69, 9.17) is 15.3 Å². The zero-order chi connectivity index (χ0) is 17.4. The molecule has 0 saturated heterocycles. The second-order valence-electron chi connectivity index (χ2n) is 5.89. The number of hydrogen-bond donors (Lipinski definition) is 2. The minimum atomic E-state index is -0.739. The summed E-state index contributed by atoms with van der Waals surface area (Å²) in [6.45, 7) is 0. The Bertz CT molecular complexity index is 915. The lowest BCUT2D eigenvalue weighted by Crippen LogP contribution is -2.38. The number of phenols is 1. The van der Waals surface area contributed by atoms with Gasteiger partial charge in [0, 0.05) is 11.5 Å². The Balaban J connectivity index is 1.88. The van der Waals surface area contributed by atoms with E-state index in [1.807, 2.05) is 30.3 Å². The van der Waals surface area contributed by atoms with Gasteiger partial charge in [-0.25, -0.2) is 0 Å². The van der Waals surface area contributed by atoms with Gasteiger partial charge in [-0.3, -0.25) is 0 Å². The third-order valence-corrected chi connectivity index (χ3v) is 4.50. The molecule has 0 spiro atoms. The average molecular weight is 333 g/mol. The molecule has 2 aromatic rings. The number of benzene rings is 2. The van der Waals surface area contributed by atoms with Gasteiger partial charge in [0.25, 0.3) is 6.29 Å². The maximum atomic E-state index is 10.3. The molecule has 0 aromatic heterocycles. The van der Waals surface area contributed by atoms with Crippen molar-refractivity contribution in [2.24, 2.45) is 16.8 Å². The first-order chi connectivity index (χ1) is 12.2. The first kappa shape index (κ1) is 15.1. The summed E-state index contributed by atoms with van der Waals surface area (Å²) in [4.78, 5) is 5.44. The van der Waals surface area contributed by atoms with Crippen LogP contribution in [0.3, 0.4) is 0 Å². The van der Waals surface area contributed by atoms with E-state index in [2.05, 4.69) is 11.2 Å². The molecule has 0 bridgehead atoms. The number of phenolic OH excluding ortho intramolecular Hbond substituents is 1. The summed E-state index contributed by atoms with van der Waals surface area (Å²) >= 11 is 0. The molecule has 2 aromatic carbocycles. The molecule has 2 aliphatic heterocycles. The van der Waals surface area contributed by atoms with E-state index < -0.39 is 18.1 Å². The molecule has 3 atom stereocenters. The summed E-state index contributed by atoms with van der Waals surface area (Å²) in [5, 5.41) is 24.2. The van der Waals surface area contributed by atoms with Crippen LogP contribution in [0.5, 0.6) is 5.75 Å². The third kappa shape index (κ3) is 2.37. The molecule has 3 unspecified atom stereocenters. The Labute approximate surface area is 144 Å². The highest BCUT2D eigenvalue weighted by Crippen LogP contribution is 2.46. The van der Waals surface area contributed by atoms with E-state index in [-0.39, 0.29) is 17.2 Å². The molecule has 6 heteroatoms. The van der Waals surface area contributed by atoms with Crippen LogP contribution in [0.25, 0.3) is 0 Å². The summed E-state index contributed by atoms with van der Waals surface area (Å²) in [6.07, 6.45) is -0.739. The average Bonchev–Trinajstić information content (AvgIpc) is 3.05. The minimum absolute atomic E-state index is 0.00140. The maximum Gasteiger partial charge on any atom is 0.276 e. The Morgan fingerprint density at radius 1 is 1.08 bits per heavy atom. The molecular weight excluding hydrogens is 318 g/mol. The fourth-order valence-corrected chi connectivity index (χ4v) is 3.37. The van der Waals surface area contributed by atoms with Crippen molar-refractivity contribution in [3.63, 3.8) is 0 Å². The molecular formula is C19H15N3O3. The van der Waals surface area contributed by atoms with Gasteiger partial charge in [-0.05, 0) is 11.6 Å². The second kappa shape index (κ2) is 5.87. The van der Waals surface area contributed by atoms with Gasteiger partial charge in [0.2, 0.25) is 5.88 Å². The summed E-state index contributed by atoms with van der Waals surface area (Å²) in [5.74, 6) is -0.807. The molecule has 0 fully saturated rings. The van der Waals surface area contributed by atoms with Gasteiger partial charge in [0.05, 0.1) is 17.2 Å². The van der Waals surface area contributed by atoms with E-state index in [9.17, 15) is 10.4 Å². The fourth-order valence-electron chi connectivity index (χ4n) is 3.37. The fraction of sp³-hybridized carbons (Fsp3) is 0.158. The third-order valence-electron chi connectivity index (χ3n) is 4.50.